The zero-order valence-electron chi connectivity index (χ0n) is 13.5. The highest BCUT2D eigenvalue weighted by Crippen LogP contribution is 2.71. The SMILES string of the molecule is CC(O)(CC1(F)C(F)(F)C(F)(F)C(F)(F)C(F)(F)C1(F)F)c1cccc(F)c1. The number of benzene rings is 1. The van der Waals surface area contributed by atoms with Gasteiger partial charge < -0.3 is 5.11 Å². The molecule has 1 aliphatic rings. The lowest BCUT2D eigenvalue weighted by Gasteiger charge is -2.53. The smallest absolute Gasteiger partial charge is 0.384 e. The number of halogens is 12. The zero-order chi connectivity index (χ0) is 22.2. The summed E-state index contributed by atoms with van der Waals surface area (Å²) < 4.78 is 164. The van der Waals surface area contributed by atoms with Crippen LogP contribution in [0.1, 0.15) is 18.9 Å². The summed E-state index contributed by atoms with van der Waals surface area (Å²) in [7, 11) is 0. The molecule has 1 atom stereocenters. The van der Waals surface area contributed by atoms with Gasteiger partial charge in [0.25, 0.3) is 5.67 Å². The molecule has 0 bridgehead atoms. The number of alkyl halides is 11. The van der Waals surface area contributed by atoms with Crippen LogP contribution in [0.2, 0.25) is 0 Å². The molecule has 0 aliphatic heterocycles. The van der Waals surface area contributed by atoms with Crippen LogP contribution < -0.4 is 0 Å². The van der Waals surface area contributed by atoms with Gasteiger partial charge in [0.2, 0.25) is 0 Å². The number of hydrogen-bond donors (Lipinski definition) is 1. The molecule has 1 nitrogen and oxygen atoms in total. The minimum Gasteiger partial charge on any atom is -0.385 e. The Labute approximate surface area is 148 Å². The summed E-state index contributed by atoms with van der Waals surface area (Å²) in [6.45, 7) is 0.262. The van der Waals surface area contributed by atoms with Crippen LogP contribution in [-0.2, 0) is 5.60 Å². The normalized spacial score (nSPS) is 28.4. The molecule has 1 aromatic carbocycles. The molecule has 28 heavy (non-hydrogen) atoms. The topological polar surface area (TPSA) is 20.2 Å². The van der Waals surface area contributed by atoms with Gasteiger partial charge in [-0.1, -0.05) is 12.1 Å². The van der Waals surface area contributed by atoms with E-state index in [2.05, 4.69) is 0 Å². The van der Waals surface area contributed by atoms with E-state index in [1.54, 1.807) is 0 Å². The molecular weight excluding hydrogens is 424 g/mol. The highest BCUT2D eigenvalue weighted by molar-refractivity contribution is 5.30. The number of hydrogen-bond acceptors (Lipinski definition) is 1. The fourth-order valence-corrected chi connectivity index (χ4v) is 2.91. The van der Waals surface area contributed by atoms with Crippen molar-refractivity contribution in [1.82, 2.24) is 0 Å². The van der Waals surface area contributed by atoms with Crippen LogP contribution in [0.15, 0.2) is 24.3 Å². The first-order valence-electron chi connectivity index (χ1n) is 7.27. The molecule has 1 N–H and O–H groups in total. The van der Waals surface area contributed by atoms with Crippen LogP contribution in [0.3, 0.4) is 0 Å². The molecule has 0 heterocycles. The minimum atomic E-state index is -7.33. The van der Waals surface area contributed by atoms with Gasteiger partial charge in [0.1, 0.15) is 5.82 Å². The molecule has 13 heteroatoms. The maximum Gasteiger partial charge on any atom is 0.384 e. The van der Waals surface area contributed by atoms with Crippen molar-refractivity contribution >= 4 is 0 Å². The highest BCUT2D eigenvalue weighted by atomic mass is 19.4. The molecule has 1 unspecified atom stereocenters. The van der Waals surface area contributed by atoms with Crippen molar-refractivity contribution in [2.75, 3.05) is 0 Å². The Kier molecular flexibility index (Phi) is 4.60. The predicted octanol–water partition coefficient (Wildman–Crippen LogP) is 5.32. The van der Waals surface area contributed by atoms with Crippen LogP contribution >= 0.6 is 0 Å². The van der Waals surface area contributed by atoms with Crippen LogP contribution in [0, 0.1) is 5.82 Å². The van der Waals surface area contributed by atoms with E-state index in [1.807, 2.05) is 0 Å². The molecule has 0 amide bonds. The Morgan fingerprint density at radius 2 is 1.14 bits per heavy atom. The average molecular weight is 434 g/mol. The Morgan fingerprint density at radius 1 is 0.750 bits per heavy atom. The minimum absolute atomic E-state index is 0.262. The molecule has 0 aromatic heterocycles. The Hall–Kier alpha value is -1.66. The molecule has 1 aromatic rings. The Morgan fingerprint density at radius 3 is 1.54 bits per heavy atom. The summed E-state index contributed by atoms with van der Waals surface area (Å²) in [6.07, 6.45) is -2.88. The van der Waals surface area contributed by atoms with E-state index in [4.69, 9.17) is 0 Å². The van der Waals surface area contributed by atoms with Crippen LogP contribution in [0.4, 0.5) is 52.7 Å². The van der Waals surface area contributed by atoms with Crippen molar-refractivity contribution in [2.24, 2.45) is 0 Å². The molecular formula is C15H10F12O. The fourth-order valence-electron chi connectivity index (χ4n) is 2.91. The van der Waals surface area contributed by atoms with Gasteiger partial charge in [-0.15, -0.1) is 0 Å². The molecule has 0 saturated heterocycles. The maximum atomic E-state index is 14.7. The third-order valence-corrected chi connectivity index (χ3v) is 4.61. The van der Waals surface area contributed by atoms with Gasteiger partial charge in [-0.25, -0.2) is 8.78 Å². The standard InChI is InChI=1S/C15H10F12O/c1-9(28,7-3-2-4-8(16)5-7)6-10(17)11(18,19)13(22,23)15(26,27)14(24,25)12(10,20)21/h2-5,28H,6H2,1H3. The number of aliphatic hydroxyl groups is 1. The lowest BCUT2D eigenvalue weighted by molar-refractivity contribution is -0.488. The predicted molar refractivity (Wildman–Crippen MR) is 69.2 cm³/mol. The first-order chi connectivity index (χ1) is 12.2. The molecule has 160 valence electrons. The second kappa shape index (κ2) is 5.70. The van der Waals surface area contributed by atoms with E-state index in [1.165, 1.54) is 0 Å². The molecule has 1 fully saturated rings. The van der Waals surface area contributed by atoms with E-state index in [9.17, 15) is 57.8 Å². The summed E-state index contributed by atoms with van der Waals surface area (Å²) in [5.74, 6) is -37.1. The van der Waals surface area contributed by atoms with Gasteiger partial charge in [-0.05, 0) is 24.6 Å². The van der Waals surface area contributed by atoms with Crippen molar-refractivity contribution in [3.8, 4) is 0 Å². The summed E-state index contributed by atoms with van der Waals surface area (Å²) in [5.41, 5.74) is -10.6. The van der Waals surface area contributed by atoms with Crippen molar-refractivity contribution in [3.05, 3.63) is 35.6 Å². The Bertz CT molecular complexity index is 740. The van der Waals surface area contributed by atoms with Crippen LogP contribution in [0.25, 0.3) is 0 Å². The van der Waals surface area contributed by atoms with Crippen LogP contribution in [0.5, 0.6) is 0 Å². The summed E-state index contributed by atoms with van der Waals surface area (Å²) in [6, 6.07) is 2.44. The van der Waals surface area contributed by atoms with Crippen molar-refractivity contribution in [1.29, 1.82) is 0 Å². The zero-order valence-corrected chi connectivity index (χ0v) is 13.5. The second-order valence-electron chi connectivity index (χ2n) is 6.63. The van der Waals surface area contributed by atoms with Gasteiger partial charge in [-0.3, -0.25) is 0 Å². The highest BCUT2D eigenvalue weighted by Gasteiger charge is 3.01. The lowest BCUT2D eigenvalue weighted by atomic mass is 9.67. The molecule has 1 saturated carbocycles. The van der Waals surface area contributed by atoms with Gasteiger partial charge >= 0.3 is 29.6 Å². The maximum absolute atomic E-state index is 14.7. The molecule has 0 spiro atoms. The van der Waals surface area contributed by atoms with Crippen LogP contribution in [-0.4, -0.2) is 40.4 Å². The van der Waals surface area contributed by atoms with Crippen molar-refractivity contribution in [2.45, 2.75) is 54.2 Å². The van der Waals surface area contributed by atoms with Gasteiger partial charge in [0.05, 0.1) is 5.60 Å². The average Bonchev–Trinajstić information content (AvgIpc) is 2.52. The second-order valence-corrected chi connectivity index (χ2v) is 6.63. The van der Waals surface area contributed by atoms with E-state index < -0.39 is 58.7 Å². The largest absolute Gasteiger partial charge is 0.385 e. The third-order valence-electron chi connectivity index (χ3n) is 4.61. The monoisotopic (exact) mass is 434 g/mol. The van der Waals surface area contributed by atoms with Gasteiger partial charge in [0, 0.05) is 6.42 Å². The van der Waals surface area contributed by atoms with E-state index >= 15 is 0 Å². The van der Waals surface area contributed by atoms with E-state index in [0.717, 1.165) is 6.07 Å². The first kappa shape index (κ1) is 22.6. The summed E-state index contributed by atoms with van der Waals surface area (Å²) in [5, 5.41) is 10.0. The quantitative estimate of drug-likeness (QED) is 0.639. The first-order valence-corrected chi connectivity index (χ1v) is 7.27. The van der Waals surface area contributed by atoms with Gasteiger partial charge in [0.15, 0.2) is 0 Å². The summed E-state index contributed by atoms with van der Waals surface area (Å²) >= 11 is 0. The van der Waals surface area contributed by atoms with Crippen molar-refractivity contribution < 1.29 is 57.8 Å². The molecule has 2 rings (SSSR count). The lowest BCUT2D eigenvalue weighted by Crippen LogP contribution is -2.84. The number of rotatable bonds is 3. The molecule has 1 aliphatic carbocycles. The van der Waals surface area contributed by atoms with E-state index in [-0.39, 0.29) is 6.92 Å². The van der Waals surface area contributed by atoms with Crippen molar-refractivity contribution in [3.63, 3.8) is 0 Å². The molecule has 0 radical (unpaired) electrons. The fraction of sp³-hybridized carbons (Fsp3) is 0.600. The summed E-state index contributed by atoms with van der Waals surface area (Å²) in [4.78, 5) is 0. The third kappa shape index (κ3) is 2.40. The van der Waals surface area contributed by atoms with Gasteiger partial charge in [-0.2, -0.15) is 43.9 Å². The van der Waals surface area contributed by atoms with E-state index in [0.29, 0.717) is 18.2 Å². The Balaban J connectivity index is 2.72.